The Labute approximate surface area is 194 Å². The molecule has 1 aliphatic rings. The molecule has 1 aliphatic heterocycles. The van der Waals surface area contributed by atoms with Crippen molar-refractivity contribution in [2.24, 2.45) is 0 Å². The molecule has 1 fully saturated rings. The van der Waals surface area contributed by atoms with Crippen molar-refractivity contribution in [3.05, 3.63) is 71.7 Å². The van der Waals surface area contributed by atoms with E-state index in [1.54, 1.807) is 13.3 Å². The number of hydrogen-bond donors (Lipinski definition) is 1. The van der Waals surface area contributed by atoms with E-state index in [1.165, 1.54) is 0 Å². The van der Waals surface area contributed by atoms with Gasteiger partial charge in [-0.1, -0.05) is 12.1 Å². The highest BCUT2D eigenvalue weighted by molar-refractivity contribution is 5.78. The molecular formula is C26H30N4O3. The van der Waals surface area contributed by atoms with Gasteiger partial charge in [-0.2, -0.15) is 0 Å². The smallest absolute Gasteiger partial charge is 0.260 e. The largest absolute Gasteiger partial charge is 0.493 e. The molecule has 0 spiro atoms. The van der Waals surface area contributed by atoms with Gasteiger partial charge < -0.3 is 19.7 Å². The van der Waals surface area contributed by atoms with Crippen molar-refractivity contribution in [3.63, 3.8) is 0 Å². The molecular weight excluding hydrogens is 416 g/mol. The molecule has 3 heterocycles. The highest BCUT2D eigenvalue weighted by atomic mass is 16.5. The summed E-state index contributed by atoms with van der Waals surface area (Å²) in [5, 5.41) is 3.35. The Morgan fingerprint density at radius 1 is 1.15 bits per heavy atom. The van der Waals surface area contributed by atoms with Gasteiger partial charge in [0.15, 0.2) is 18.1 Å². The van der Waals surface area contributed by atoms with Crippen LogP contribution in [0.5, 0.6) is 11.5 Å². The fraction of sp³-hybridized carbons (Fsp3) is 0.346. The Morgan fingerprint density at radius 3 is 2.82 bits per heavy atom. The summed E-state index contributed by atoms with van der Waals surface area (Å²) >= 11 is 0. The summed E-state index contributed by atoms with van der Waals surface area (Å²) in [5.74, 6) is 2.16. The average molecular weight is 447 g/mol. The molecule has 0 aliphatic carbocycles. The number of aromatic nitrogens is 2. The lowest BCUT2D eigenvalue weighted by atomic mass is 9.93. The van der Waals surface area contributed by atoms with Crippen LogP contribution in [-0.4, -0.2) is 47.6 Å². The van der Waals surface area contributed by atoms with Gasteiger partial charge >= 0.3 is 0 Å². The van der Waals surface area contributed by atoms with Crippen molar-refractivity contribution in [3.8, 4) is 11.5 Å². The molecule has 4 rings (SSSR count). The van der Waals surface area contributed by atoms with E-state index in [1.807, 2.05) is 61.2 Å². The van der Waals surface area contributed by atoms with Crippen LogP contribution in [0.25, 0.3) is 0 Å². The number of amides is 1. The van der Waals surface area contributed by atoms with Crippen molar-refractivity contribution in [2.45, 2.75) is 32.6 Å². The third-order valence-corrected chi connectivity index (χ3v) is 5.77. The minimum atomic E-state index is -0.0261. The van der Waals surface area contributed by atoms with Gasteiger partial charge in [-0.3, -0.25) is 9.78 Å². The van der Waals surface area contributed by atoms with Gasteiger partial charge in [0.2, 0.25) is 0 Å². The molecule has 1 saturated heterocycles. The van der Waals surface area contributed by atoms with E-state index in [9.17, 15) is 4.79 Å². The van der Waals surface area contributed by atoms with E-state index in [-0.39, 0.29) is 18.4 Å². The van der Waals surface area contributed by atoms with Crippen molar-refractivity contribution >= 4 is 17.4 Å². The molecule has 0 radical (unpaired) electrons. The summed E-state index contributed by atoms with van der Waals surface area (Å²) in [5.41, 5.74) is 3.96. The molecule has 33 heavy (non-hydrogen) atoms. The van der Waals surface area contributed by atoms with Crippen LogP contribution in [0.1, 0.15) is 35.7 Å². The predicted octanol–water partition coefficient (Wildman–Crippen LogP) is 4.63. The Kier molecular flexibility index (Phi) is 7.07. The summed E-state index contributed by atoms with van der Waals surface area (Å²) in [4.78, 5) is 23.9. The number of carbonyl (C=O) groups excluding carboxylic acids is 1. The molecule has 172 valence electrons. The number of carbonyl (C=O) groups is 1. The van der Waals surface area contributed by atoms with Gasteiger partial charge in [-0.15, -0.1) is 0 Å². The van der Waals surface area contributed by atoms with Gasteiger partial charge in [-0.05, 0) is 68.7 Å². The number of benzene rings is 1. The van der Waals surface area contributed by atoms with Gasteiger partial charge in [0.05, 0.1) is 7.11 Å². The number of likely N-dealkylation sites (tertiary alicyclic amines) is 1. The normalized spacial score (nSPS) is 15.7. The summed E-state index contributed by atoms with van der Waals surface area (Å²) in [7, 11) is 1.60. The van der Waals surface area contributed by atoms with Crippen LogP contribution >= 0.6 is 0 Å². The lowest BCUT2D eigenvalue weighted by Gasteiger charge is -2.32. The zero-order valence-electron chi connectivity index (χ0n) is 19.4. The van der Waals surface area contributed by atoms with E-state index < -0.39 is 0 Å². The number of anilines is 2. The van der Waals surface area contributed by atoms with Gasteiger partial charge in [-0.25, -0.2) is 4.98 Å². The van der Waals surface area contributed by atoms with Crippen LogP contribution in [0.15, 0.2) is 54.7 Å². The third kappa shape index (κ3) is 5.80. The van der Waals surface area contributed by atoms with Crippen LogP contribution in [-0.2, 0) is 4.79 Å². The zero-order chi connectivity index (χ0) is 23.2. The summed E-state index contributed by atoms with van der Waals surface area (Å²) in [6.45, 7) is 5.32. The molecule has 3 aromatic rings. The Hall–Kier alpha value is -3.61. The molecule has 1 N–H and O–H groups in total. The first-order valence-corrected chi connectivity index (χ1v) is 11.2. The molecule has 1 aromatic carbocycles. The fourth-order valence-electron chi connectivity index (χ4n) is 4.13. The third-order valence-electron chi connectivity index (χ3n) is 5.77. The Bertz CT molecular complexity index is 1100. The van der Waals surface area contributed by atoms with E-state index in [2.05, 4.69) is 16.4 Å². The molecule has 7 heteroatoms. The number of piperidine rings is 1. The number of methoxy groups -OCH3 is 1. The first-order valence-electron chi connectivity index (χ1n) is 11.2. The highest BCUT2D eigenvalue weighted by Gasteiger charge is 2.26. The second-order valence-electron chi connectivity index (χ2n) is 8.38. The standard InChI is InChI=1S/C26H30N4O3/c1-18-9-10-23(24(13-18)32-3)33-17-26(31)30-12-6-7-20(16-30)22-15-21(14-19(2)28-22)29-25-8-4-5-11-27-25/h4-5,8-11,13-15,20H,6-7,12,16-17H2,1-3H3,(H,27,28,29)/t20-/m0/s1. The van der Waals surface area contributed by atoms with E-state index in [0.717, 1.165) is 47.8 Å². The van der Waals surface area contributed by atoms with Gasteiger partial charge in [0.1, 0.15) is 5.82 Å². The van der Waals surface area contributed by atoms with Crippen LogP contribution in [0.3, 0.4) is 0 Å². The zero-order valence-corrected chi connectivity index (χ0v) is 19.4. The first-order chi connectivity index (χ1) is 16.0. The van der Waals surface area contributed by atoms with E-state index >= 15 is 0 Å². The topological polar surface area (TPSA) is 76.6 Å². The predicted molar refractivity (Wildman–Crippen MR) is 128 cm³/mol. The summed E-state index contributed by atoms with van der Waals surface area (Å²) < 4.78 is 11.2. The van der Waals surface area contributed by atoms with Crippen LogP contribution in [0, 0.1) is 13.8 Å². The van der Waals surface area contributed by atoms with E-state index in [4.69, 9.17) is 14.5 Å². The molecule has 0 saturated carbocycles. The lowest BCUT2D eigenvalue weighted by molar-refractivity contribution is -0.134. The van der Waals surface area contributed by atoms with Crippen molar-refractivity contribution < 1.29 is 14.3 Å². The second kappa shape index (κ2) is 10.3. The minimum absolute atomic E-state index is 0.0140. The maximum atomic E-state index is 12.9. The SMILES string of the molecule is COc1cc(C)ccc1OCC(=O)N1CCC[C@H](c2cc(Nc3ccccn3)cc(C)n2)C1. The van der Waals surface area contributed by atoms with Crippen molar-refractivity contribution in [1.29, 1.82) is 0 Å². The van der Waals surface area contributed by atoms with Crippen molar-refractivity contribution in [1.82, 2.24) is 14.9 Å². The molecule has 0 bridgehead atoms. The number of nitrogens with zero attached hydrogens (tertiary/aromatic N) is 3. The average Bonchev–Trinajstić information content (AvgIpc) is 2.83. The molecule has 7 nitrogen and oxygen atoms in total. The molecule has 1 atom stereocenters. The summed E-state index contributed by atoms with van der Waals surface area (Å²) in [6.07, 6.45) is 3.69. The quantitative estimate of drug-likeness (QED) is 0.570. The maximum Gasteiger partial charge on any atom is 0.260 e. The highest BCUT2D eigenvalue weighted by Crippen LogP contribution is 2.30. The van der Waals surface area contributed by atoms with Crippen LogP contribution in [0.4, 0.5) is 11.5 Å². The molecule has 2 aromatic heterocycles. The Morgan fingerprint density at radius 2 is 2.03 bits per heavy atom. The number of pyridine rings is 2. The number of aryl methyl sites for hydroxylation is 2. The minimum Gasteiger partial charge on any atom is -0.493 e. The Balaban J connectivity index is 1.41. The van der Waals surface area contributed by atoms with Crippen LogP contribution in [0.2, 0.25) is 0 Å². The fourth-order valence-corrected chi connectivity index (χ4v) is 4.13. The monoisotopic (exact) mass is 446 g/mol. The number of nitrogens with one attached hydrogen (secondary N) is 1. The maximum absolute atomic E-state index is 12.9. The van der Waals surface area contributed by atoms with Gasteiger partial charge in [0, 0.05) is 42.3 Å². The number of rotatable bonds is 7. The van der Waals surface area contributed by atoms with E-state index in [0.29, 0.717) is 18.0 Å². The van der Waals surface area contributed by atoms with Crippen molar-refractivity contribution in [2.75, 3.05) is 32.1 Å². The molecule has 0 unspecified atom stereocenters. The number of hydrogen-bond acceptors (Lipinski definition) is 6. The van der Waals surface area contributed by atoms with Crippen LogP contribution < -0.4 is 14.8 Å². The molecule has 1 amide bonds. The lowest BCUT2D eigenvalue weighted by Crippen LogP contribution is -2.41. The summed E-state index contributed by atoms with van der Waals surface area (Å²) in [6, 6.07) is 15.5. The first kappa shape index (κ1) is 22.6. The second-order valence-corrected chi connectivity index (χ2v) is 8.38. The van der Waals surface area contributed by atoms with Gasteiger partial charge in [0.25, 0.3) is 5.91 Å². The number of ether oxygens (including phenoxy) is 2.